The molecule has 1 amide bonds. The van der Waals surface area contributed by atoms with Gasteiger partial charge in [-0.2, -0.15) is 0 Å². The van der Waals surface area contributed by atoms with Gasteiger partial charge in [-0.1, -0.05) is 0 Å². The second-order valence-electron chi connectivity index (χ2n) is 6.91. The molecule has 0 heterocycles. The van der Waals surface area contributed by atoms with Crippen molar-refractivity contribution in [2.45, 2.75) is 52.3 Å². The molecule has 0 saturated heterocycles. The lowest BCUT2D eigenvalue weighted by Gasteiger charge is -2.28. The Kier molecular flexibility index (Phi) is 5.77. The van der Waals surface area contributed by atoms with Gasteiger partial charge in [0, 0.05) is 24.7 Å². The van der Waals surface area contributed by atoms with Crippen LogP contribution in [0.5, 0.6) is 5.75 Å². The molecule has 0 aromatic heterocycles. The number of halogens is 1. The molecule has 0 spiro atoms. The summed E-state index contributed by atoms with van der Waals surface area (Å²) in [6, 6.07) is 3.90. The maximum Gasteiger partial charge on any atom is 0.407 e. The predicted octanol–water partition coefficient (Wildman–Crippen LogP) is 2.92. The number of benzene rings is 1. The Hall–Kier alpha value is -1.82. The lowest BCUT2D eigenvalue weighted by Crippen LogP contribution is -2.49. The summed E-state index contributed by atoms with van der Waals surface area (Å²) in [5, 5.41) is 15.3. The number of alkyl carbamates (subject to hydrolysis) is 1. The van der Waals surface area contributed by atoms with Crippen molar-refractivity contribution in [2.24, 2.45) is 0 Å². The second kappa shape index (κ2) is 6.96. The Morgan fingerprint density at radius 3 is 2.41 bits per heavy atom. The summed E-state index contributed by atoms with van der Waals surface area (Å²) in [5.41, 5.74) is -0.331. The fraction of sp³-hybridized carbons (Fsp3) is 0.562. The molecule has 0 saturated carbocycles. The van der Waals surface area contributed by atoms with Crippen LogP contribution < -0.4 is 10.6 Å². The molecule has 0 fully saturated rings. The number of carbonyl (C=O) groups is 1. The van der Waals surface area contributed by atoms with Gasteiger partial charge in [0.2, 0.25) is 0 Å². The Balaban J connectivity index is 2.48. The highest BCUT2D eigenvalue weighted by atomic mass is 19.1. The molecule has 6 heteroatoms. The first-order valence-corrected chi connectivity index (χ1v) is 7.17. The molecular weight excluding hydrogens is 287 g/mol. The van der Waals surface area contributed by atoms with Crippen LogP contribution in [-0.4, -0.2) is 28.9 Å². The summed E-state index contributed by atoms with van der Waals surface area (Å²) in [5.74, 6) is -0.594. The van der Waals surface area contributed by atoms with Gasteiger partial charge in [0.15, 0.2) is 0 Å². The normalized spacial score (nSPS) is 12.1. The van der Waals surface area contributed by atoms with Crippen molar-refractivity contribution in [3.05, 3.63) is 29.6 Å². The molecule has 0 aliphatic heterocycles. The van der Waals surface area contributed by atoms with Crippen molar-refractivity contribution in [3.8, 4) is 5.75 Å². The largest absolute Gasteiger partial charge is 0.508 e. The van der Waals surface area contributed by atoms with Crippen molar-refractivity contribution < 1.29 is 19.0 Å². The highest BCUT2D eigenvalue weighted by Gasteiger charge is 2.21. The van der Waals surface area contributed by atoms with Crippen molar-refractivity contribution in [2.75, 3.05) is 6.54 Å². The van der Waals surface area contributed by atoms with E-state index in [4.69, 9.17) is 4.74 Å². The maximum atomic E-state index is 13.2. The summed E-state index contributed by atoms with van der Waals surface area (Å²) in [7, 11) is 0. The molecule has 1 aromatic rings. The minimum Gasteiger partial charge on any atom is -0.508 e. The van der Waals surface area contributed by atoms with Crippen LogP contribution in [-0.2, 0) is 11.3 Å². The van der Waals surface area contributed by atoms with Crippen LogP contribution in [0, 0.1) is 5.82 Å². The predicted molar refractivity (Wildman–Crippen MR) is 83.2 cm³/mol. The number of rotatable bonds is 5. The van der Waals surface area contributed by atoms with Crippen molar-refractivity contribution >= 4 is 6.09 Å². The van der Waals surface area contributed by atoms with E-state index in [1.165, 1.54) is 12.1 Å². The summed E-state index contributed by atoms with van der Waals surface area (Å²) < 4.78 is 18.4. The first-order valence-electron chi connectivity index (χ1n) is 7.17. The fourth-order valence-corrected chi connectivity index (χ4v) is 1.75. The third-order valence-corrected chi connectivity index (χ3v) is 2.79. The van der Waals surface area contributed by atoms with E-state index in [1.54, 1.807) is 20.8 Å². The summed E-state index contributed by atoms with van der Waals surface area (Å²) >= 11 is 0. The van der Waals surface area contributed by atoms with E-state index in [2.05, 4.69) is 10.6 Å². The van der Waals surface area contributed by atoms with Crippen LogP contribution in [0.4, 0.5) is 9.18 Å². The molecular formula is C16H25FN2O3. The van der Waals surface area contributed by atoms with E-state index in [0.717, 1.165) is 6.07 Å². The number of nitrogens with one attached hydrogen (secondary N) is 2. The molecule has 124 valence electrons. The number of phenols is 1. The van der Waals surface area contributed by atoms with E-state index < -0.39 is 23.1 Å². The van der Waals surface area contributed by atoms with Crippen molar-refractivity contribution in [3.63, 3.8) is 0 Å². The van der Waals surface area contributed by atoms with Crippen LogP contribution in [0.2, 0.25) is 0 Å². The second-order valence-corrected chi connectivity index (χ2v) is 6.91. The Morgan fingerprint density at radius 2 is 1.86 bits per heavy atom. The number of phenolic OH excluding ortho intramolecular Hbond substituents is 1. The van der Waals surface area contributed by atoms with Gasteiger partial charge in [-0.25, -0.2) is 9.18 Å². The summed E-state index contributed by atoms with van der Waals surface area (Å²) in [6.45, 7) is 9.93. The Bertz CT molecular complexity index is 504. The number of hydrogen-bond donors (Lipinski definition) is 3. The van der Waals surface area contributed by atoms with Gasteiger partial charge in [0.1, 0.15) is 17.2 Å². The lowest BCUT2D eigenvalue weighted by atomic mass is 10.0. The first kappa shape index (κ1) is 18.2. The molecule has 0 unspecified atom stereocenters. The summed E-state index contributed by atoms with van der Waals surface area (Å²) in [6.07, 6.45) is -0.481. The zero-order chi connectivity index (χ0) is 17.0. The molecule has 0 bridgehead atoms. The van der Waals surface area contributed by atoms with Gasteiger partial charge in [-0.3, -0.25) is 0 Å². The van der Waals surface area contributed by atoms with Crippen LogP contribution in [0.15, 0.2) is 18.2 Å². The molecule has 0 radical (unpaired) electrons. The van der Waals surface area contributed by atoms with Crippen LogP contribution in [0.1, 0.15) is 40.2 Å². The third kappa shape index (κ3) is 7.26. The van der Waals surface area contributed by atoms with Gasteiger partial charge in [0.05, 0.1) is 0 Å². The standard InChI is InChI=1S/C16H25FN2O3/c1-15(2,3)22-14(21)18-10-16(4,5)19-9-11-6-12(17)8-13(20)7-11/h6-8,19-20H,9-10H2,1-5H3,(H,18,21). The molecule has 0 aliphatic carbocycles. The highest BCUT2D eigenvalue weighted by Crippen LogP contribution is 2.15. The minimum absolute atomic E-state index is 0.110. The van der Waals surface area contributed by atoms with Gasteiger partial charge in [-0.05, 0) is 52.3 Å². The maximum absolute atomic E-state index is 13.2. The molecule has 0 atom stereocenters. The number of aromatic hydroxyl groups is 1. The molecule has 0 aliphatic rings. The number of hydrogen-bond acceptors (Lipinski definition) is 4. The third-order valence-electron chi connectivity index (χ3n) is 2.79. The highest BCUT2D eigenvalue weighted by molar-refractivity contribution is 5.67. The SMILES string of the molecule is CC(C)(CNC(=O)OC(C)(C)C)NCc1cc(O)cc(F)c1. The lowest BCUT2D eigenvalue weighted by molar-refractivity contribution is 0.0513. The van der Waals surface area contributed by atoms with Crippen LogP contribution in [0.3, 0.4) is 0 Å². The van der Waals surface area contributed by atoms with Gasteiger partial charge in [0.25, 0.3) is 0 Å². The van der Waals surface area contributed by atoms with Crippen molar-refractivity contribution in [1.29, 1.82) is 0 Å². The molecule has 3 N–H and O–H groups in total. The van der Waals surface area contributed by atoms with E-state index in [1.807, 2.05) is 13.8 Å². The van der Waals surface area contributed by atoms with E-state index in [-0.39, 0.29) is 5.75 Å². The van der Waals surface area contributed by atoms with E-state index in [0.29, 0.717) is 18.7 Å². The monoisotopic (exact) mass is 312 g/mol. The van der Waals surface area contributed by atoms with Crippen LogP contribution >= 0.6 is 0 Å². The average molecular weight is 312 g/mol. The van der Waals surface area contributed by atoms with Gasteiger partial charge >= 0.3 is 6.09 Å². The summed E-state index contributed by atoms with van der Waals surface area (Å²) in [4.78, 5) is 11.6. The van der Waals surface area contributed by atoms with Crippen molar-refractivity contribution in [1.82, 2.24) is 10.6 Å². The van der Waals surface area contributed by atoms with Gasteiger partial charge in [-0.15, -0.1) is 0 Å². The zero-order valence-electron chi connectivity index (χ0n) is 13.8. The fourth-order valence-electron chi connectivity index (χ4n) is 1.75. The Labute approximate surface area is 130 Å². The first-order chi connectivity index (χ1) is 9.97. The molecule has 1 aromatic carbocycles. The van der Waals surface area contributed by atoms with Gasteiger partial charge < -0.3 is 20.5 Å². The zero-order valence-corrected chi connectivity index (χ0v) is 13.8. The molecule has 1 rings (SSSR count). The topological polar surface area (TPSA) is 70.6 Å². The smallest absolute Gasteiger partial charge is 0.407 e. The Morgan fingerprint density at radius 1 is 1.23 bits per heavy atom. The quantitative estimate of drug-likeness (QED) is 0.782. The number of ether oxygens (including phenoxy) is 1. The molecule has 22 heavy (non-hydrogen) atoms. The van der Waals surface area contributed by atoms with Crippen LogP contribution in [0.25, 0.3) is 0 Å². The van der Waals surface area contributed by atoms with E-state index in [9.17, 15) is 14.3 Å². The molecule has 5 nitrogen and oxygen atoms in total. The van der Waals surface area contributed by atoms with E-state index >= 15 is 0 Å². The number of amides is 1. The number of carbonyl (C=O) groups excluding carboxylic acids is 1. The minimum atomic E-state index is -0.541. The average Bonchev–Trinajstić information content (AvgIpc) is 2.31.